The SMILES string of the molecule is COC(=O)/C=C/c1c(C)n(C)n(-c2ccc([N+](=O)[O-])cc2)c1=O. The van der Waals surface area contributed by atoms with Crippen LogP contribution in [0.2, 0.25) is 0 Å². The molecule has 120 valence electrons. The minimum atomic E-state index is -0.561. The van der Waals surface area contributed by atoms with Gasteiger partial charge < -0.3 is 4.74 Å². The summed E-state index contributed by atoms with van der Waals surface area (Å²) in [5.41, 5.74) is 1.09. The molecule has 0 saturated carbocycles. The molecule has 0 bridgehead atoms. The lowest BCUT2D eigenvalue weighted by atomic mass is 10.2. The number of methoxy groups -OCH3 is 1. The average Bonchev–Trinajstić information content (AvgIpc) is 2.75. The molecule has 0 aliphatic carbocycles. The summed E-state index contributed by atoms with van der Waals surface area (Å²) >= 11 is 0. The molecule has 0 atom stereocenters. The first-order chi connectivity index (χ1) is 10.9. The predicted octanol–water partition coefficient (Wildman–Crippen LogP) is 1.58. The monoisotopic (exact) mass is 317 g/mol. The van der Waals surface area contributed by atoms with Crippen LogP contribution in [0.25, 0.3) is 11.8 Å². The average molecular weight is 317 g/mol. The van der Waals surface area contributed by atoms with Crippen molar-refractivity contribution in [3.05, 3.63) is 62.1 Å². The van der Waals surface area contributed by atoms with Crippen molar-refractivity contribution in [1.29, 1.82) is 0 Å². The van der Waals surface area contributed by atoms with Gasteiger partial charge in [-0.1, -0.05) is 0 Å². The largest absolute Gasteiger partial charge is 0.466 e. The number of esters is 1. The summed E-state index contributed by atoms with van der Waals surface area (Å²) in [4.78, 5) is 33.9. The number of nitrogens with zero attached hydrogens (tertiary/aromatic N) is 3. The summed E-state index contributed by atoms with van der Waals surface area (Å²) in [6.07, 6.45) is 2.56. The van der Waals surface area contributed by atoms with Crippen LogP contribution in [-0.2, 0) is 16.6 Å². The smallest absolute Gasteiger partial charge is 0.330 e. The number of nitro benzene ring substituents is 1. The van der Waals surface area contributed by atoms with E-state index in [9.17, 15) is 19.7 Å². The summed E-state index contributed by atoms with van der Waals surface area (Å²) in [5, 5.41) is 10.7. The summed E-state index contributed by atoms with van der Waals surface area (Å²) in [6.45, 7) is 1.74. The second-order valence-corrected chi connectivity index (χ2v) is 4.77. The Kier molecular flexibility index (Phi) is 4.44. The van der Waals surface area contributed by atoms with E-state index in [2.05, 4.69) is 4.74 Å². The third kappa shape index (κ3) is 3.05. The Morgan fingerprint density at radius 2 is 1.91 bits per heavy atom. The number of ether oxygens (including phenoxy) is 1. The van der Waals surface area contributed by atoms with E-state index < -0.39 is 10.9 Å². The van der Waals surface area contributed by atoms with Gasteiger partial charge in [-0.2, -0.15) is 0 Å². The van der Waals surface area contributed by atoms with Gasteiger partial charge in [-0.05, 0) is 25.1 Å². The summed E-state index contributed by atoms with van der Waals surface area (Å²) in [5.74, 6) is -0.561. The number of rotatable bonds is 4. The molecule has 23 heavy (non-hydrogen) atoms. The predicted molar refractivity (Wildman–Crippen MR) is 83.5 cm³/mol. The van der Waals surface area contributed by atoms with Gasteiger partial charge in [-0.25, -0.2) is 9.48 Å². The lowest BCUT2D eigenvalue weighted by Gasteiger charge is -2.07. The van der Waals surface area contributed by atoms with Crippen molar-refractivity contribution in [2.75, 3.05) is 7.11 Å². The minimum Gasteiger partial charge on any atom is -0.466 e. The van der Waals surface area contributed by atoms with E-state index in [1.807, 2.05) is 0 Å². The first-order valence-electron chi connectivity index (χ1n) is 6.66. The van der Waals surface area contributed by atoms with Crippen molar-refractivity contribution in [3.8, 4) is 5.69 Å². The molecule has 0 amide bonds. The third-order valence-corrected chi connectivity index (χ3v) is 3.49. The molecule has 0 radical (unpaired) electrons. The highest BCUT2D eigenvalue weighted by Crippen LogP contribution is 2.16. The van der Waals surface area contributed by atoms with E-state index >= 15 is 0 Å². The van der Waals surface area contributed by atoms with E-state index in [1.54, 1.807) is 18.7 Å². The molecule has 8 heteroatoms. The van der Waals surface area contributed by atoms with Crippen LogP contribution in [0, 0.1) is 17.0 Å². The Morgan fingerprint density at radius 3 is 2.43 bits per heavy atom. The maximum absolute atomic E-state index is 12.5. The number of benzene rings is 1. The summed E-state index contributed by atoms with van der Waals surface area (Å²) < 4.78 is 7.49. The van der Waals surface area contributed by atoms with Crippen LogP contribution in [0.4, 0.5) is 5.69 Å². The summed E-state index contributed by atoms with van der Waals surface area (Å²) in [6, 6.07) is 5.64. The van der Waals surface area contributed by atoms with Gasteiger partial charge in [0.25, 0.3) is 11.2 Å². The van der Waals surface area contributed by atoms with Crippen LogP contribution >= 0.6 is 0 Å². The molecule has 2 aromatic rings. The molecule has 0 aliphatic rings. The molecule has 8 nitrogen and oxygen atoms in total. The van der Waals surface area contributed by atoms with E-state index in [0.29, 0.717) is 16.9 Å². The quantitative estimate of drug-likeness (QED) is 0.369. The molecule has 1 heterocycles. The van der Waals surface area contributed by atoms with Gasteiger partial charge in [0, 0.05) is 31.0 Å². The Balaban J connectivity index is 2.52. The van der Waals surface area contributed by atoms with Gasteiger partial charge in [0.05, 0.1) is 23.3 Å². The van der Waals surface area contributed by atoms with Crippen molar-refractivity contribution in [2.45, 2.75) is 6.92 Å². The number of carbonyl (C=O) groups is 1. The molecule has 0 aliphatic heterocycles. The van der Waals surface area contributed by atoms with Gasteiger partial charge in [-0.3, -0.25) is 19.6 Å². The first-order valence-corrected chi connectivity index (χ1v) is 6.66. The molecule has 0 unspecified atom stereocenters. The maximum Gasteiger partial charge on any atom is 0.330 e. The van der Waals surface area contributed by atoms with E-state index in [4.69, 9.17) is 0 Å². The topological polar surface area (TPSA) is 96.4 Å². The molecule has 0 fully saturated rings. The molecular weight excluding hydrogens is 302 g/mol. The second kappa shape index (κ2) is 6.30. The molecule has 2 rings (SSSR count). The fourth-order valence-corrected chi connectivity index (χ4v) is 2.15. The number of hydrogen-bond acceptors (Lipinski definition) is 5. The molecule has 1 aromatic heterocycles. The van der Waals surface area contributed by atoms with Crippen molar-refractivity contribution in [1.82, 2.24) is 9.36 Å². The molecular formula is C15H15N3O5. The van der Waals surface area contributed by atoms with Gasteiger partial charge in [0.1, 0.15) is 0 Å². The zero-order valence-corrected chi connectivity index (χ0v) is 12.8. The number of nitro groups is 1. The first kappa shape index (κ1) is 16.2. The Bertz CT molecular complexity index is 843. The number of hydrogen-bond donors (Lipinski definition) is 0. The highest BCUT2D eigenvalue weighted by molar-refractivity contribution is 5.87. The van der Waals surface area contributed by atoms with Crippen LogP contribution in [0.5, 0.6) is 0 Å². The van der Waals surface area contributed by atoms with Crippen LogP contribution in [0.3, 0.4) is 0 Å². The van der Waals surface area contributed by atoms with E-state index in [1.165, 1.54) is 48.2 Å². The summed E-state index contributed by atoms with van der Waals surface area (Å²) in [7, 11) is 2.94. The van der Waals surface area contributed by atoms with Crippen LogP contribution in [0.15, 0.2) is 35.1 Å². The maximum atomic E-state index is 12.5. The van der Waals surface area contributed by atoms with Crippen molar-refractivity contribution < 1.29 is 14.5 Å². The Hall–Kier alpha value is -3.16. The molecule has 0 spiro atoms. The fourth-order valence-electron chi connectivity index (χ4n) is 2.15. The van der Waals surface area contributed by atoms with Crippen molar-refractivity contribution in [3.63, 3.8) is 0 Å². The lowest BCUT2D eigenvalue weighted by molar-refractivity contribution is -0.384. The van der Waals surface area contributed by atoms with Crippen molar-refractivity contribution >= 4 is 17.7 Å². The molecule has 1 aromatic carbocycles. The molecule has 0 N–H and O–H groups in total. The van der Waals surface area contributed by atoms with E-state index in [0.717, 1.165) is 0 Å². The van der Waals surface area contributed by atoms with Crippen LogP contribution in [-0.4, -0.2) is 27.4 Å². The third-order valence-electron chi connectivity index (χ3n) is 3.49. The zero-order chi connectivity index (χ0) is 17.1. The number of aromatic nitrogens is 2. The Morgan fingerprint density at radius 1 is 1.30 bits per heavy atom. The lowest BCUT2D eigenvalue weighted by Crippen LogP contribution is -2.20. The van der Waals surface area contributed by atoms with Gasteiger partial charge >= 0.3 is 5.97 Å². The Labute approximate surface area is 131 Å². The van der Waals surface area contributed by atoms with Crippen LogP contribution < -0.4 is 5.56 Å². The highest BCUT2D eigenvalue weighted by Gasteiger charge is 2.15. The van der Waals surface area contributed by atoms with Gasteiger partial charge in [-0.15, -0.1) is 0 Å². The van der Waals surface area contributed by atoms with Crippen molar-refractivity contribution in [2.24, 2.45) is 7.05 Å². The zero-order valence-electron chi connectivity index (χ0n) is 12.8. The normalized spacial score (nSPS) is 10.9. The minimum absolute atomic E-state index is 0.0569. The van der Waals surface area contributed by atoms with E-state index in [-0.39, 0.29) is 11.2 Å². The van der Waals surface area contributed by atoms with Crippen LogP contribution in [0.1, 0.15) is 11.3 Å². The number of non-ortho nitro benzene ring substituents is 1. The van der Waals surface area contributed by atoms with Gasteiger partial charge in [0.15, 0.2) is 0 Å². The molecule has 0 saturated heterocycles. The highest BCUT2D eigenvalue weighted by atomic mass is 16.6. The standard InChI is InChI=1S/C15H15N3O5/c1-10-13(8-9-14(19)23-3)15(20)17(16(10)2)11-4-6-12(7-5-11)18(21)22/h4-9H,1-3H3/b9-8+. The second-order valence-electron chi connectivity index (χ2n) is 4.77. The number of carbonyl (C=O) groups excluding carboxylic acids is 1. The fraction of sp³-hybridized carbons (Fsp3) is 0.200. The van der Waals surface area contributed by atoms with Gasteiger partial charge in [0.2, 0.25) is 0 Å².